The zero-order chi connectivity index (χ0) is 13.8. The molecule has 1 aromatic carbocycles. The summed E-state index contributed by atoms with van der Waals surface area (Å²) in [5.41, 5.74) is 8.13. The molecule has 1 aromatic heterocycles. The highest BCUT2D eigenvalue weighted by Crippen LogP contribution is 2.19. The SMILES string of the molecule is Nc1n[nH]c(C(=O)N/N=C\c2ccc(Cl)cc2Cl)n1. The van der Waals surface area contributed by atoms with Crippen LogP contribution in [0.1, 0.15) is 16.2 Å². The number of carbonyl (C=O) groups is 1. The van der Waals surface area contributed by atoms with Crippen LogP contribution < -0.4 is 11.2 Å². The van der Waals surface area contributed by atoms with Gasteiger partial charge in [-0.25, -0.2) is 5.43 Å². The first-order chi connectivity index (χ1) is 9.06. The third-order valence-corrected chi connectivity index (χ3v) is 2.61. The Balaban J connectivity index is 2.02. The van der Waals surface area contributed by atoms with Gasteiger partial charge in [-0.2, -0.15) is 10.1 Å². The van der Waals surface area contributed by atoms with Gasteiger partial charge < -0.3 is 5.73 Å². The minimum Gasteiger partial charge on any atom is -0.366 e. The molecule has 0 radical (unpaired) electrons. The predicted molar refractivity (Wildman–Crippen MR) is 72.3 cm³/mol. The molecular formula is C10H8Cl2N6O. The number of H-pyrrole nitrogens is 1. The summed E-state index contributed by atoms with van der Waals surface area (Å²) >= 11 is 11.7. The van der Waals surface area contributed by atoms with E-state index < -0.39 is 5.91 Å². The number of nitrogens with one attached hydrogen (secondary N) is 2. The molecule has 7 nitrogen and oxygen atoms in total. The number of nitrogen functional groups attached to an aromatic ring is 1. The summed E-state index contributed by atoms with van der Waals surface area (Å²) in [6.07, 6.45) is 1.39. The number of benzene rings is 1. The molecule has 0 aliphatic heterocycles. The summed E-state index contributed by atoms with van der Waals surface area (Å²) in [6, 6.07) is 4.91. The van der Waals surface area contributed by atoms with E-state index >= 15 is 0 Å². The van der Waals surface area contributed by atoms with E-state index in [-0.39, 0.29) is 11.8 Å². The lowest BCUT2D eigenvalue weighted by molar-refractivity contribution is 0.0945. The van der Waals surface area contributed by atoms with Crippen molar-refractivity contribution in [2.45, 2.75) is 0 Å². The number of nitrogens with zero attached hydrogens (tertiary/aromatic N) is 3. The van der Waals surface area contributed by atoms with Crippen LogP contribution in [-0.4, -0.2) is 27.3 Å². The standard InChI is InChI=1S/C10H8Cl2N6O/c11-6-2-1-5(7(12)3-6)4-14-17-9(19)8-15-10(13)18-16-8/h1-4H,(H,17,19)(H3,13,15,16,18)/b14-4-. The maximum Gasteiger partial charge on any atom is 0.308 e. The number of hydrogen-bond acceptors (Lipinski definition) is 5. The Bertz CT molecular complexity index is 639. The Morgan fingerprint density at radius 3 is 2.89 bits per heavy atom. The van der Waals surface area contributed by atoms with Crippen molar-refractivity contribution in [3.05, 3.63) is 39.6 Å². The smallest absolute Gasteiger partial charge is 0.308 e. The summed E-state index contributed by atoms with van der Waals surface area (Å²) in [5.74, 6) is -0.614. The lowest BCUT2D eigenvalue weighted by Crippen LogP contribution is -2.19. The van der Waals surface area contributed by atoms with Gasteiger partial charge in [-0.3, -0.25) is 9.89 Å². The maximum absolute atomic E-state index is 11.5. The first-order valence-corrected chi connectivity index (χ1v) is 5.78. The number of nitrogens with two attached hydrogens (primary N) is 1. The first kappa shape index (κ1) is 13.3. The van der Waals surface area contributed by atoms with Crippen molar-refractivity contribution in [3.63, 3.8) is 0 Å². The molecule has 9 heteroatoms. The van der Waals surface area contributed by atoms with Gasteiger partial charge in [0.1, 0.15) is 0 Å². The van der Waals surface area contributed by atoms with Crippen LogP contribution >= 0.6 is 23.2 Å². The summed E-state index contributed by atoms with van der Waals surface area (Å²) < 4.78 is 0. The molecule has 0 spiro atoms. The molecular weight excluding hydrogens is 291 g/mol. The Labute approximate surface area is 117 Å². The van der Waals surface area contributed by atoms with Gasteiger partial charge in [0.05, 0.1) is 11.2 Å². The third-order valence-electron chi connectivity index (χ3n) is 2.05. The van der Waals surface area contributed by atoms with Crippen molar-refractivity contribution in [2.24, 2.45) is 5.10 Å². The van der Waals surface area contributed by atoms with Crippen molar-refractivity contribution in [2.75, 3.05) is 5.73 Å². The Hall–Kier alpha value is -2.12. The average molecular weight is 299 g/mol. The van der Waals surface area contributed by atoms with E-state index in [2.05, 4.69) is 25.7 Å². The van der Waals surface area contributed by atoms with Crippen LogP contribution in [0.15, 0.2) is 23.3 Å². The molecule has 2 rings (SSSR count). The maximum atomic E-state index is 11.5. The molecule has 4 N–H and O–H groups in total. The predicted octanol–water partition coefficient (Wildman–Crippen LogP) is 1.46. The van der Waals surface area contributed by atoms with Crippen molar-refractivity contribution in [1.82, 2.24) is 20.6 Å². The van der Waals surface area contributed by atoms with E-state index in [4.69, 9.17) is 28.9 Å². The van der Waals surface area contributed by atoms with Crippen molar-refractivity contribution < 1.29 is 4.79 Å². The van der Waals surface area contributed by atoms with Gasteiger partial charge in [0.25, 0.3) is 0 Å². The number of hydrazone groups is 1. The molecule has 0 fully saturated rings. The number of carbonyl (C=O) groups excluding carboxylic acids is 1. The zero-order valence-electron chi connectivity index (χ0n) is 9.39. The van der Waals surface area contributed by atoms with Crippen molar-refractivity contribution in [1.29, 1.82) is 0 Å². The highest BCUT2D eigenvalue weighted by molar-refractivity contribution is 6.36. The van der Waals surface area contributed by atoms with E-state index in [1.165, 1.54) is 6.21 Å². The summed E-state index contributed by atoms with van der Waals surface area (Å²) in [5, 5.41) is 10.6. The molecule has 2 aromatic rings. The van der Waals surface area contributed by atoms with Gasteiger partial charge in [-0.1, -0.05) is 29.3 Å². The molecule has 19 heavy (non-hydrogen) atoms. The van der Waals surface area contributed by atoms with Crippen LogP contribution in [0.3, 0.4) is 0 Å². The fourth-order valence-corrected chi connectivity index (χ4v) is 1.65. The van der Waals surface area contributed by atoms with Gasteiger partial charge in [0.2, 0.25) is 11.8 Å². The number of anilines is 1. The summed E-state index contributed by atoms with van der Waals surface area (Å²) in [4.78, 5) is 15.2. The largest absolute Gasteiger partial charge is 0.366 e. The minimum absolute atomic E-state index is 0.0186. The molecule has 1 heterocycles. The molecule has 0 saturated heterocycles. The zero-order valence-corrected chi connectivity index (χ0v) is 10.9. The second-order valence-electron chi connectivity index (χ2n) is 3.41. The first-order valence-electron chi connectivity index (χ1n) is 5.02. The highest BCUT2D eigenvalue weighted by atomic mass is 35.5. The summed E-state index contributed by atoms with van der Waals surface area (Å²) in [6.45, 7) is 0. The van der Waals surface area contributed by atoms with E-state index in [0.29, 0.717) is 15.6 Å². The second-order valence-corrected chi connectivity index (χ2v) is 4.25. The van der Waals surface area contributed by atoms with E-state index in [1.807, 2.05) is 0 Å². The third kappa shape index (κ3) is 3.43. The number of aromatic amines is 1. The lowest BCUT2D eigenvalue weighted by Gasteiger charge is -1.98. The van der Waals surface area contributed by atoms with Crippen LogP contribution in [0.25, 0.3) is 0 Å². The fraction of sp³-hybridized carbons (Fsp3) is 0. The van der Waals surface area contributed by atoms with E-state index in [1.54, 1.807) is 18.2 Å². The van der Waals surface area contributed by atoms with Crippen LogP contribution in [0.2, 0.25) is 10.0 Å². The molecule has 0 bridgehead atoms. The van der Waals surface area contributed by atoms with E-state index in [0.717, 1.165) is 0 Å². The van der Waals surface area contributed by atoms with Gasteiger partial charge in [0, 0.05) is 10.6 Å². The van der Waals surface area contributed by atoms with Crippen LogP contribution in [0, 0.1) is 0 Å². The monoisotopic (exact) mass is 298 g/mol. The Morgan fingerprint density at radius 1 is 1.47 bits per heavy atom. The molecule has 0 unspecified atom stereocenters. The number of halogens is 2. The van der Waals surface area contributed by atoms with Crippen molar-refractivity contribution >= 4 is 41.3 Å². The van der Waals surface area contributed by atoms with Crippen LogP contribution in [0.4, 0.5) is 5.95 Å². The number of amides is 1. The Morgan fingerprint density at radius 2 is 2.26 bits per heavy atom. The second kappa shape index (κ2) is 5.68. The lowest BCUT2D eigenvalue weighted by atomic mass is 10.2. The van der Waals surface area contributed by atoms with E-state index in [9.17, 15) is 4.79 Å². The van der Waals surface area contributed by atoms with Gasteiger partial charge in [-0.05, 0) is 12.1 Å². The quantitative estimate of drug-likeness (QED) is 0.588. The minimum atomic E-state index is -0.564. The van der Waals surface area contributed by atoms with Crippen LogP contribution in [0.5, 0.6) is 0 Å². The number of aromatic nitrogens is 3. The molecule has 0 aliphatic carbocycles. The van der Waals surface area contributed by atoms with Gasteiger partial charge in [-0.15, -0.1) is 5.10 Å². The Kier molecular flexibility index (Phi) is 3.98. The van der Waals surface area contributed by atoms with Crippen LogP contribution in [-0.2, 0) is 0 Å². The molecule has 98 valence electrons. The van der Waals surface area contributed by atoms with Gasteiger partial charge in [0.15, 0.2) is 0 Å². The highest BCUT2D eigenvalue weighted by Gasteiger charge is 2.09. The molecule has 0 atom stereocenters. The fourth-order valence-electron chi connectivity index (χ4n) is 1.20. The average Bonchev–Trinajstić information content (AvgIpc) is 2.78. The molecule has 1 amide bonds. The topological polar surface area (TPSA) is 109 Å². The number of hydrogen-bond donors (Lipinski definition) is 3. The summed E-state index contributed by atoms with van der Waals surface area (Å²) in [7, 11) is 0. The number of rotatable bonds is 3. The molecule has 0 aliphatic rings. The normalized spacial score (nSPS) is 10.8. The van der Waals surface area contributed by atoms with Gasteiger partial charge >= 0.3 is 5.91 Å². The van der Waals surface area contributed by atoms with Crippen molar-refractivity contribution in [3.8, 4) is 0 Å². The molecule has 0 saturated carbocycles.